The maximum absolute atomic E-state index is 12.6. The molecule has 1 aromatic carbocycles. The van der Waals surface area contributed by atoms with Crippen LogP contribution in [0.15, 0.2) is 33.7 Å². The number of aromatic hydroxyl groups is 3. The lowest BCUT2D eigenvalue weighted by Crippen LogP contribution is -2.48. The van der Waals surface area contributed by atoms with E-state index in [0.717, 1.165) is 31.6 Å². The summed E-state index contributed by atoms with van der Waals surface area (Å²) in [6.45, 7) is -0.318. The van der Waals surface area contributed by atoms with Gasteiger partial charge >= 0.3 is 5.97 Å². The Balaban J connectivity index is 1.42. The summed E-state index contributed by atoms with van der Waals surface area (Å²) in [5.41, 5.74) is -0.459. The molecule has 0 unspecified atom stereocenters. The van der Waals surface area contributed by atoms with E-state index in [1.54, 1.807) is 0 Å². The molecular formula is C23H24O7. The summed E-state index contributed by atoms with van der Waals surface area (Å²) >= 11 is 0. The third kappa shape index (κ3) is 3.04. The Morgan fingerprint density at radius 3 is 2.27 bits per heavy atom. The van der Waals surface area contributed by atoms with Crippen molar-refractivity contribution in [3.63, 3.8) is 0 Å². The van der Waals surface area contributed by atoms with Crippen molar-refractivity contribution in [3.05, 3.63) is 51.6 Å². The highest BCUT2D eigenvalue weighted by Crippen LogP contribution is 2.63. The van der Waals surface area contributed by atoms with Crippen LogP contribution in [0.1, 0.15) is 60.2 Å². The van der Waals surface area contributed by atoms with E-state index in [0.29, 0.717) is 23.3 Å². The number of rotatable bonds is 4. The Labute approximate surface area is 172 Å². The van der Waals surface area contributed by atoms with Gasteiger partial charge in [-0.15, -0.1) is 0 Å². The molecule has 4 bridgehead atoms. The first-order chi connectivity index (χ1) is 14.3. The molecular weight excluding hydrogens is 388 g/mol. The molecule has 2 aromatic rings. The van der Waals surface area contributed by atoms with Crippen molar-refractivity contribution in [1.82, 2.24) is 0 Å². The van der Waals surface area contributed by atoms with E-state index in [-0.39, 0.29) is 34.8 Å². The first kappa shape index (κ1) is 19.0. The molecule has 30 heavy (non-hydrogen) atoms. The molecule has 0 atom stereocenters. The van der Waals surface area contributed by atoms with Gasteiger partial charge in [0.1, 0.15) is 35.7 Å². The molecule has 1 heterocycles. The van der Waals surface area contributed by atoms with Gasteiger partial charge in [-0.25, -0.2) is 4.79 Å². The third-order valence-electron chi connectivity index (χ3n) is 7.16. The monoisotopic (exact) mass is 412 g/mol. The lowest BCUT2D eigenvalue weighted by Gasteiger charge is -2.57. The molecule has 0 aliphatic heterocycles. The van der Waals surface area contributed by atoms with Gasteiger partial charge in [0.2, 0.25) is 5.43 Å². The van der Waals surface area contributed by atoms with Crippen molar-refractivity contribution >= 4 is 5.97 Å². The number of hydrogen-bond acceptors (Lipinski definition) is 7. The van der Waals surface area contributed by atoms with Crippen molar-refractivity contribution in [3.8, 4) is 17.2 Å². The van der Waals surface area contributed by atoms with Gasteiger partial charge in [-0.05, 0) is 68.4 Å². The van der Waals surface area contributed by atoms with Crippen molar-refractivity contribution in [2.24, 2.45) is 17.8 Å². The standard InChI is InChI=1S/C23H24O7/c24-17-2-1-16(22(28)30-10-15-6-18(25)19(26)11-29-15)21(27)20(17)23-7-12-3-13(8-23)5-14(4-12)9-23/h1-2,6,11-14,24,26-27H,3-5,7-10H2. The van der Waals surface area contributed by atoms with Crippen molar-refractivity contribution < 1.29 is 29.3 Å². The highest BCUT2D eigenvalue weighted by atomic mass is 16.5. The SMILES string of the molecule is O=C(OCc1cc(=O)c(O)co1)c1ccc(O)c(C23CC4CC(CC(C4)C2)C3)c1O. The quantitative estimate of drug-likeness (QED) is 0.657. The largest absolute Gasteiger partial charge is 0.508 e. The maximum atomic E-state index is 12.6. The molecule has 0 spiro atoms. The first-order valence-corrected chi connectivity index (χ1v) is 10.4. The molecule has 0 amide bonds. The predicted octanol–water partition coefficient (Wildman–Crippen LogP) is 3.58. The smallest absolute Gasteiger partial charge is 0.342 e. The predicted molar refractivity (Wildman–Crippen MR) is 105 cm³/mol. The third-order valence-corrected chi connectivity index (χ3v) is 7.16. The molecule has 158 valence electrons. The summed E-state index contributed by atoms with van der Waals surface area (Å²) in [5.74, 6) is 0.431. The second-order valence-corrected chi connectivity index (χ2v) is 9.23. The van der Waals surface area contributed by atoms with Gasteiger partial charge in [0, 0.05) is 17.0 Å². The average molecular weight is 412 g/mol. The van der Waals surface area contributed by atoms with Crippen LogP contribution in [0.25, 0.3) is 0 Å². The number of phenolic OH excluding ortho intramolecular Hbond substituents is 2. The van der Waals surface area contributed by atoms with Crippen LogP contribution in [-0.4, -0.2) is 21.3 Å². The van der Waals surface area contributed by atoms with E-state index < -0.39 is 17.1 Å². The summed E-state index contributed by atoms with van der Waals surface area (Å²) in [6.07, 6.45) is 7.33. The number of carbonyl (C=O) groups is 1. The maximum Gasteiger partial charge on any atom is 0.342 e. The minimum Gasteiger partial charge on any atom is -0.508 e. The van der Waals surface area contributed by atoms with Gasteiger partial charge in [-0.1, -0.05) is 0 Å². The zero-order chi connectivity index (χ0) is 21.0. The Hall–Kier alpha value is -2.96. The van der Waals surface area contributed by atoms with Crippen molar-refractivity contribution in [2.75, 3.05) is 0 Å². The van der Waals surface area contributed by atoms with Gasteiger partial charge in [-0.2, -0.15) is 0 Å². The molecule has 0 saturated heterocycles. The summed E-state index contributed by atoms with van der Waals surface area (Å²) in [5, 5.41) is 30.9. The van der Waals surface area contributed by atoms with Gasteiger partial charge < -0.3 is 24.5 Å². The molecule has 1 aromatic heterocycles. The number of ether oxygens (including phenoxy) is 1. The molecule has 4 fully saturated rings. The summed E-state index contributed by atoms with van der Waals surface area (Å²) in [4.78, 5) is 24.1. The van der Waals surface area contributed by atoms with Crippen LogP contribution in [0.3, 0.4) is 0 Å². The number of esters is 1. The summed E-state index contributed by atoms with van der Waals surface area (Å²) in [6, 6.07) is 3.84. The zero-order valence-electron chi connectivity index (χ0n) is 16.5. The second kappa shape index (κ2) is 6.79. The molecule has 4 aliphatic rings. The highest BCUT2D eigenvalue weighted by Gasteiger charge is 2.53. The van der Waals surface area contributed by atoms with Crippen LogP contribution in [0, 0.1) is 17.8 Å². The zero-order valence-corrected chi connectivity index (χ0v) is 16.5. The van der Waals surface area contributed by atoms with Crippen LogP contribution in [0.4, 0.5) is 0 Å². The normalized spacial score (nSPS) is 29.1. The summed E-state index contributed by atoms with van der Waals surface area (Å²) < 4.78 is 10.2. The van der Waals surface area contributed by atoms with E-state index in [1.807, 2.05) is 0 Å². The summed E-state index contributed by atoms with van der Waals surface area (Å²) in [7, 11) is 0. The van der Waals surface area contributed by atoms with Gasteiger partial charge in [-0.3, -0.25) is 4.79 Å². The van der Waals surface area contributed by atoms with E-state index in [4.69, 9.17) is 9.15 Å². The van der Waals surface area contributed by atoms with E-state index in [1.165, 1.54) is 31.4 Å². The fourth-order valence-electron chi connectivity index (χ4n) is 6.42. The average Bonchev–Trinajstić information content (AvgIpc) is 2.67. The number of hydrogen-bond donors (Lipinski definition) is 3. The van der Waals surface area contributed by atoms with E-state index in [9.17, 15) is 24.9 Å². The number of phenols is 2. The van der Waals surface area contributed by atoms with Gasteiger partial charge in [0.05, 0.1) is 0 Å². The second-order valence-electron chi connectivity index (χ2n) is 9.23. The lowest BCUT2D eigenvalue weighted by atomic mass is 9.48. The molecule has 4 saturated carbocycles. The molecule has 3 N–H and O–H groups in total. The Morgan fingerprint density at radius 1 is 1.03 bits per heavy atom. The van der Waals surface area contributed by atoms with Crippen LogP contribution in [0.5, 0.6) is 17.2 Å². The van der Waals surface area contributed by atoms with Crippen LogP contribution in [0.2, 0.25) is 0 Å². The fraction of sp³-hybridized carbons (Fsp3) is 0.478. The fourth-order valence-corrected chi connectivity index (χ4v) is 6.42. The van der Waals surface area contributed by atoms with Gasteiger partial charge in [0.25, 0.3) is 0 Å². The Kier molecular flexibility index (Phi) is 4.31. The number of carbonyl (C=O) groups excluding carboxylic acids is 1. The molecule has 6 rings (SSSR count). The molecule has 4 aliphatic carbocycles. The topological polar surface area (TPSA) is 117 Å². The van der Waals surface area contributed by atoms with E-state index in [2.05, 4.69) is 0 Å². The molecule has 7 heteroatoms. The van der Waals surface area contributed by atoms with Crippen LogP contribution < -0.4 is 5.43 Å². The van der Waals surface area contributed by atoms with E-state index >= 15 is 0 Å². The van der Waals surface area contributed by atoms with Crippen molar-refractivity contribution in [2.45, 2.75) is 50.5 Å². The first-order valence-electron chi connectivity index (χ1n) is 10.4. The van der Waals surface area contributed by atoms with Crippen LogP contribution in [-0.2, 0) is 16.8 Å². The van der Waals surface area contributed by atoms with Crippen molar-refractivity contribution in [1.29, 1.82) is 0 Å². The molecule has 0 radical (unpaired) electrons. The molecule has 7 nitrogen and oxygen atoms in total. The minimum absolute atomic E-state index is 0.0142. The highest BCUT2D eigenvalue weighted by molar-refractivity contribution is 5.93. The number of benzene rings is 1. The van der Waals surface area contributed by atoms with Gasteiger partial charge in [0.15, 0.2) is 5.75 Å². The Bertz CT molecular complexity index is 1030. The lowest BCUT2D eigenvalue weighted by molar-refractivity contribution is -0.00720. The Morgan fingerprint density at radius 2 is 1.67 bits per heavy atom. The minimum atomic E-state index is -0.769. The van der Waals surface area contributed by atoms with Crippen LogP contribution >= 0.6 is 0 Å².